The van der Waals surface area contributed by atoms with E-state index in [4.69, 9.17) is 0 Å². The second kappa shape index (κ2) is 10.9. The first-order valence-corrected chi connectivity index (χ1v) is 10.4. The van der Waals surface area contributed by atoms with Gasteiger partial charge in [0.25, 0.3) is 0 Å². The summed E-state index contributed by atoms with van der Waals surface area (Å²) < 4.78 is 39.7. The van der Waals surface area contributed by atoms with Gasteiger partial charge in [0.2, 0.25) is 10.0 Å². The van der Waals surface area contributed by atoms with Gasteiger partial charge in [0.1, 0.15) is 5.82 Å². The Kier molecular flexibility index (Phi) is 9.50. The van der Waals surface area contributed by atoms with Crippen LogP contribution in [0.1, 0.15) is 25.0 Å². The van der Waals surface area contributed by atoms with Crippen molar-refractivity contribution in [1.82, 2.24) is 15.4 Å². The maximum Gasteiger partial charge on any atom is 0.240 e. The van der Waals surface area contributed by atoms with E-state index >= 15 is 0 Å². The molecule has 0 aliphatic carbocycles. The van der Waals surface area contributed by atoms with Gasteiger partial charge >= 0.3 is 0 Å². The summed E-state index contributed by atoms with van der Waals surface area (Å²) in [5, 5.41) is 6.41. The summed E-state index contributed by atoms with van der Waals surface area (Å²) in [4.78, 5) is 4.41. The lowest BCUT2D eigenvalue weighted by Crippen LogP contribution is -2.43. The lowest BCUT2D eigenvalue weighted by Gasteiger charge is -2.27. The molecule has 3 N–H and O–H groups in total. The van der Waals surface area contributed by atoms with E-state index in [0.29, 0.717) is 19.0 Å². The fraction of sp³-hybridized carbons (Fsp3) is 0.350. The van der Waals surface area contributed by atoms with Crippen LogP contribution in [0, 0.1) is 5.82 Å². The zero-order valence-corrected chi connectivity index (χ0v) is 20.1. The maximum absolute atomic E-state index is 13.5. The SMILES string of the molecule is CN=C(NCc1cccc(S(=O)(=O)NC)c1)NCC(C)(C)c1cccc(F)c1.I. The van der Waals surface area contributed by atoms with Crippen LogP contribution in [0.5, 0.6) is 0 Å². The van der Waals surface area contributed by atoms with Gasteiger partial charge in [-0.3, -0.25) is 4.99 Å². The molecular formula is C20H28FIN4O2S. The summed E-state index contributed by atoms with van der Waals surface area (Å²) in [7, 11) is -0.442. The van der Waals surface area contributed by atoms with Gasteiger partial charge in [-0.25, -0.2) is 17.5 Å². The first kappa shape index (κ1) is 25.3. The Morgan fingerprint density at radius 1 is 1.10 bits per heavy atom. The van der Waals surface area contributed by atoms with E-state index < -0.39 is 10.0 Å². The lowest BCUT2D eigenvalue weighted by atomic mass is 9.84. The molecule has 0 saturated carbocycles. The maximum atomic E-state index is 13.5. The molecule has 0 radical (unpaired) electrons. The minimum atomic E-state index is -3.48. The molecule has 0 heterocycles. The van der Waals surface area contributed by atoms with Crippen molar-refractivity contribution in [3.8, 4) is 0 Å². The van der Waals surface area contributed by atoms with Crippen molar-refractivity contribution in [3.63, 3.8) is 0 Å². The Morgan fingerprint density at radius 2 is 1.79 bits per heavy atom. The number of rotatable bonds is 7. The third-order valence-corrected chi connectivity index (χ3v) is 5.88. The van der Waals surface area contributed by atoms with Crippen LogP contribution < -0.4 is 15.4 Å². The molecule has 0 spiro atoms. The number of guanidine groups is 1. The zero-order chi connectivity index (χ0) is 20.8. The van der Waals surface area contributed by atoms with Crippen LogP contribution in [0.15, 0.2) is 58.4 Å². The molecule has 2 aromatic rings. The highest BCUT2D eigenvalue weighted by atomic mass is 127. The molecule has 160 valence electrons. The summed E-state index contributed by atoms with van der Waals surface area (Å²) in [6.45, 7) is 5.00. The molecule has 0 aliphatic heterocycles. The molecule has 2 aromatic carbocycles. The Hall–Kier alpha value is -1.72. The number of sulfonamides is 1. The van der Waals surface area contributed by atoms with Crippen molar-refractivity contribution in [2.24, 2.45) is 4.99 Å². The van der Waals surface area contributed by atoms with Gasteiger partial charge in [-0.15, -0.1) is 24.0 Å². The van der Waals surface area contributed by atoms with Crippen LogP contribution in [0.2, 0.25) is 0 Å². The monoisotopic (exact) mass is 534 g/mol. The van der Waals surface area contributed by atoms with E-state index in [9.17, 15) is 12.8 Å². The molecule has 0 aromatic heterocycles. The van der Waals surface area contributed by atoms with Crippen molar-refractivity contribution in [2.45, 2.75) is 30.7 Å². The fourth-order valence-electron chi connectivity index (χ4n) is 2.66. The van der Waals surface area contributed by atoms with Crippen LogP contribution in [0.4, 0.5) is 4.39 Å². The summed E-state index contributed by atoms with van der Waals surface area (Å²) >= 11 is 0. The Balaban J connectivity index is 0.00000420. The molecule has 0 aliphatic rings. The standard InChI is InChI=1S/C20H27FN4O2S.HI/c1-20(2,16-8-6-9-17(21)12-16)14-25-19(22-3)24-13-15-7-5-10-18(11-15)28(26,27)23-4;/h5-12,23H,13-14H2,1-4H3,(H2,22,24,25);1H. The first-order valence-electron chi connectivity index (χ1n) is 8.91. The molecule has 0 fully saturated rings. The Morgan fingerprint density at radius 3 is 2.41 bits per heavy atom. The van der Waals surface area contributed by atoms with Gasteiger partial charge in [0.05, 0.1) is 4.90 Å². The molecular weight excluding hydrogens is 506 g/mol. The van der Waals surface area contributed by atoms with Crippen LogP contribution in [0.3, 0.4) is 0 Å². The molecule has 9 heteroatoms. The van der Waals surface area contributed by atoms with Crippen molar-refractivity contribution in [1.29, 1.82) is 0 Å². The topological polar surface area (TPSA) is 82.6 Å². The minimum absolute atomic E-state index is 0. The van der Waals surface area contributed by atoms with E-state index in [1.165, 1.54) is 19.2 Å². The van der Waals surface area contributed by atoms with E-state index in [1.54, 1.807) is 31.3 Å². The Bertz CT molecular complexity index is 949. The highest BCUT2D eigenvalue weighted by Gasteiger charge is 2.21. The number of nitrogens with one attached hydrogen (secondary N) is 3. The predicted octanol–water partition coefficient (Wildman–Crippen LogP) is 2.99. The summed E-state index contributed by atoms with van der Waals surface area (Å²) in [5.74, 6) is 0.316. The van der Waals surface area contributed by atoms with Crippen molar-refractivity contribution in [2.75, 3.05) is 20.6 Å². The van der Waals surface area contributed by atoms with Crippen LogP contribution in [-0.4, -0.2) is 35.0 Å². The average molecular weight is 534 g/mol. The number of hydrogen-bond acceptors (Lipinski definition) is 3. The fourth-order valence-corrected chi connectivity index (χ4v) is 3.46. The smallest absolute Gasteiger partial charge is 0.240 e. The predicted molar refractivity (Wildman–Crippen MR) is 126 cm³/mol. The van der Waals surface area contributed by atoms with Gasteiger partial charge in [0, 0.05) is 25.6 Å². The molecule has 6 nitrogen and oxygen atoms in total. The minimum Gasteiger partial charge on any atom is -0.356 e. The van der Waals surface area contributed by atoms with E-state index in [0.717, 1.165) is 11.1 Å². The highest BCUT2D eigenvalue weighted by Crippen LogP contribution is 2.22. The second-order valence-corrected chi connectivity index (χ2v) is 8.92. The van der Waals surface area contributed by atoms with E-state index in [2.05, 4.69) is 20.3 Å². The highest BCUT2D eigenvalue weighted by molar-refractivity contribution is 14.0. The third kappa shape index (κ3) is 7.23. The molecule has 2 rings (SSSR count). The average Bonchev–Trinajstić information content (AvgIpc) is 2.68. The first-order chi connectivity index (χ1) is 13.2. The Labute approximate surface area is 189 Å². The van der Waals surface area contributed by atoms with Gasteiger partial charge in [0.15, 0.2) is 5.96 Å². The number of benzene rings is 2. The molecule has 29 heavy (non-hydrogen) atoms. The van der Waals surface area contributed by atoms with Crippen molar-refractivity contribution < 1.29 is 12.8 Å². The number of nitrogens with zero attached hydrogens (tertiary/aromatic N) is 1. The van der Waals surface area contributed by atoms with Gasteiger partial charge in [-0.05, 0) is 42.4 Å². The summed E-state index contributed by atoms with van der Waals surface area (Å²) in [6, 6.07) is 13.3. The van der Waals surface area contributed by atoms with Gasteiger partial charge < -0.3 is 10.6 Å². The normalized spacial score (nSPS) is 12.2. The van der Waals surface area contributed by atoms with E-state index in [-0.39, 0.29) is 40.1 Å². The van der Waals surface area contributed by atoms with Crippen LogP contribution >= 0.6 is 24.0 Å². The molecule has 0 amide bonds. The van der Waals surface area contributed by atoms with Crippen molar-refractivity contribution >= 4 is 40.0 Å². The number of aliphatic imine (C=N–C) groups is 1. The third-order valence-electron chi connectivity index (χ3n) is 4.46. The summed E-state index contributed by atoms with van der Waals surface area (Å²) in [5.41, 5.74) is 1.39. The number of hydrogen-bond donors (Lipinski definition) is 3. The van der Waals surface area contributed by atoms with Crippen LogP contribution in [0.25, 0.3) is 0 Å². The quantitative estimate of drug-likeness (QED) is 0.290. The molecule has 0 saturated heterocycles. The second-order valence-electron chi connectivity index (χ2n) is 7.03. The van der Waals surface area contributed by atoms with Gasteiger partial charge in [-0.2, -0.15) is 0 Å². The summed E-state index contributed by atoms with van der Waals surface area (Å²) in [6.07, 6.45) is 0. The van der Waals surface area contributed by atoms with Gasteiger partial charge in [-0.1, -0.05) is 38.1 Å². The lowest BCUT2D eigenvalue weighted by molar-refractivity contribution is 0.503. The zero-order valence-electron chi connectivity index (χ0n) is 17.0. The van der Waals surface area contributed by atoms with Crippen molar-refractivity contribution in [3.05, 3.63) is 65.5 Å². The van der Waals surface area contributed by atoms with Crippen LogP contribution in [-0.2, 0) is 22.0 Å². The number of halogens is 2. The van der Waals surface area contributed by atoms with E-state index in [1.807, 2.05) is 26.0 Å². The largest absolute Gasteiger partial charge is 0.356 e. The molecule has 0 atom stereocenters. The molecule has 0 bridgehead atoms. The molecule has 0 unspecified atom stereocenters.